The zero-order valence-corrected chi connectivity index (χ0v) is 9.61. The quantitative estimate of drug-likeness (QED) is 0.341. The first-order valence-corrected chi connectivity index (χ1v) is 4.88. The van der Waals surface area contributed by atoms with Gasteiger partial charge in [0.25, 0.3) is 0 Å². The fourth-order valence-corrected chi connectivity index (χ4v) is 1.19. The summed E-state index contributed by atoms with van der Waals surface area (Å²) in [7, 11) is 0.563. The van der Waals surface area contributed by atoms with Gasteiger partial charge in [0, 0.05) is 22.6 Å². The summed E-state index contributed by atoms with van der Waals surface area (Å²) in [6, 6.07) is 0. The molecule has 0 unspecified atom stereocenters. The van der Waals surface area contributed by atoms with E-state index in [2.05, 4.69) is 9.75 Å². The van der Waals surface area contributed by atoms with Crippen LogP contribution in [-0.2, 0) is 18.9 Å². The molecule has 1 fully saturated rings. The lowest BCUT2D eigenvalue weighted by atomic mass is 9.92. The van der Waals surface area contributed by atoms with Crippen LogP contribution in [0.2, 0.25) is 0 Å². The summed E-state index contributed by atoms with van der Waals surface area (Å²) in [6.45, 7) is 0.128. The minimum Gasteiger partial charge on any atom is -0.487 e. The smallest absolute Gasteiger partial charge is 0.487 e. The van der Waals surface area contributed by atoms with Crippen molar-refractivity contribution in [3.63, 3.8) is 0 Å². The van der Waals surface area contributed by atoms with Crippen LogP contribution in [-0.4, -0.2) is 44.1 Å². The molecule has 1 heterocycles. The van der Waals surface area contributed by atoms with Crippen LogP contribution in [0.3, 0.4) is 0 Å². The second-order valence-electron chi connectivity index (χ2n) is 2.72. The average molecular weight is 307 g/mol. The highest BCUT2D eigenvalue weighted by molar-refractivity contribution is 14.1. The molecule has 0 aliphatic carbocycles. The molecule has 0 radical (unpaired) electrons. The summed E-state index contributed by atoms with van der Waals surface area (Å²) >= 11 is 1.78. The van der Waals surface area contributed by atoms with Crippen LogP contribution in [0.5, 0.6) is 0 Å². The lowest BCUT2D eigenvalue weighted by Crippen LogP contribution is -2.42. The van der Waals surface area contributed by atoms with Crippen LogP contribution >= 0.6 is 22.6 Å². The maximum atomic E-state index is 11.1. The average Bonchev–Trinajstić information content (AvgIpc) is 2.00. The molecule has 5 nitrogen and oxygen atoms in total. The number of halogens is 1. The minimum absolute atomic E-state index is 0.0640. The predicted molar refractivity (Wildman–Crippen MR) is 57.2 cm³/mol. The van der Waals surface area contributed by atoms with Gasteiger partial charge in [-0.1, -0.05) is 0 Å². The van der Waals surface area contributed by atoms with Gasteiger partial charge in [-0.25, -0.2) is 0 Å². The van der Waals surface area contributed by atoms with E-state index < -0.39 is 19.1 Å². The van der Waals surface area contributed by atoms with Crippen molar-refractivity contribution in [3.8, 4) is 9.75 Å². The van der Waals surface area contributed by atoms with Crippen LogP contribution in [0, 0.1) is 9.75 Å². The number of carbonyl (C=O) groups is 2. The normalized spacial score (nSPS) is 18.6. The SMILES string of the molecule is CN1CC(=O)OB(C#CI)OC(=O)C1. The molecule has 0 N–H and O–H groups in total. The van der Waals surface area contributed by atoms with Gasteiger partial charge < -0.3 is 9.31 Å². The fourth-order valence-electron chi connectivity index (χ4n) is 0.938. The van der Waals surface area contributed by atoms with Crippen LogP contribution in [0.4, 0.5) is 0 Å². The van der Waals surface area contributed by atoms with Gasteiger partial charge in [-0.15, -0.1) is 0 Å². The zero-order chi connectivity index (χ0) is 10.6. The van der Waals surface area contributed by atoms with Gasteiger partial charge in [-0.3, -0.25) is 14.5 Å². The molecule has 1 rings (SSSR count). The lowest BCUT2D eigenvalue weighted by molar-refractivity contribution is -0.145. The van der Waals surface area contributed by atoms with Gasteiger partial charge in [-0.05, 0) is 16.8 Å². The van der Waals surface area contributed by atoms with Gasteiger partial charge in [0.2, 0.25) is 0 Å². The summed E-state index contributed by atoms with van der Waals surface area (Å²) in [5.74, 6) is 1.55. The summed E-state index contributed by atoms with van der Waals surface area (Å²) in [4.78, 5) is 23.7. The van der Waals surface area contributed by atoms with Crippen molar-refractivity contribution in [1.29, 1.82) is 0 Å². The summed E-state index contributed by atoms with van der Waals surface area (Å²) in [5, 5.41) is 0. The number of nitrogens with zero attached hydrogens (tertiary/aromatic N) is 1. The van der Waals surface area contributed by atoms with Crippen molar-refractivity contribution in [2.24, 2.45) is 0 Å². The van der Waals surface area contributed by atoms with E-state index in [0.717, 1.165) is 0 Å². The maximum absolute atomic E-state index is 11.1. The Balaban J connectivity index is 2.68. The lowest BCUT2D eigenvalue weighted by Gasteiger charge is -2.19. The van der Waals surface area contributed by atoms with E-state index in [9.17, 15) is 9.59 Å². The van der Waals surface area contributed by atoms with E-state index in [-0.39, 0.29) is 13.1 Å². The third kappa shape index (κ3) is 3.55. The Kier molecular flexibility index (Phi) is 4.22. The number of likely N-dealkylation sites (N-methyl/N-ethyl adjacent to an activating group) is 1. The molecule has 1 saturated heterocycles. The van der Waals surface area contributed by atoms with E-state index in [1.807, 2.05) is 0 Å². The summed E-state index contributed by atoms with van der Waals surface area (Å²) < 4.78 is 12.0. The van der Waals surface area contributed by atoms with Gasteiger partial charge >= 0.3 is 19.1 Å². The number of rotatable bonds is 0. The van der Waals surface area contributed by atoms with Crippen molar-refractivity contribution in [1.82, 2.24) is 4.90 Å². The molecule has 74 valence electrons. The molecule has 14 heavy (non-hydrogen) atoms. The molecular formula is C7H7BINO4. The molecule has 1 aliphatic rings. The van der Waals surface area contributed by atoms with Crippen LogP contribution in [0.25, 0.3) is 0 Å². The Morgan fingerprint density at radius 1 is 1.36 bits per heavy atom. The highest BCUT2D eigenvalue weighted by Crippen LogP contribution is 1.99. The third-order valence-corrected chi connectivity index (χ3v) is 1.76. The molecular weight excluding hydrogens is 300 g/mol. The molecule has 1 aliphatic heterocycles. The van der Waals surface area contributed by atoms with Gasteiger partial charge in [-0.2, -0.15) is 0 Å². The van der Waals surface area contributed by atoms with Crippen LogP contribution in [0.15, 0.2) is 0 Å². The Morgan fingerprint density at radius 2 is 1.86 bits per heavy atom. The highest BCUT2D eigenvalue weighted by atomic mass is 127. The van der Waals surface area contributed by atoms with Gasteiger partial charge in [0.1, 0.15) is 0 Å². The van der Waals surface area contributed by atoms with Crippen molar-refractivity contribution >= 4 is 41.6 Å². The molecule has 0 saturated carbocycles. The van der Waals surface area contributed by atoms with E-state index >= 15 is 0 Å². The number of hydrogen-bond donors (Lipinski definition) is 0. The first-order chi connectivity index (χ1) is 6.61. The van der Waals surface area contributed by atoms with E-state index in [1.165, 1.54) is 4.90 Å². The van der Waals surface area contributed by atoms with Crippen molar-refractivity contribution < 1.29 is 18.9 Å². The predicted octanol–water partition coefficient (Wildman–Crippen LogP) is -0.559. The largest absolute Gasteiger partial charge is 0.695 e. The Hall–Kier alpha value is -0.745. The molecule has 0 amide bonds. The monoisotopic (exact) mass is 307 g/mol. The molecule has 0 aromatic rings. The molecule has 0 bridgehead atoms. The molecule has 7 heteroatoms. The van der Waals surface area contributed by atoms with Crippen molar-refractivity contribution in [2.45, 2.75) is 0 Å². The second-order valence-corrected chi connectivity index (χ2v) is 3.26. The van der Waals surface area contributed by atoms with Crippen LogP contribution < -0.4 is 0 Å². The number of carbonyl (C=O) groups excluding carboxylic acids is 2. The molecule has 0 spiro atoms. The third-order valence-electron chi connectivity index (χ3n) is 1.45. The first-order valence-electron chi connectivity index (χ1n) is 3.80. The molecule has 0 aromatic heterocycles. The highest BCUT2D eigenvalue weighted by Gasteiger charge is 2.30. The topological polar surface area (TPSA) is 55.8 Å². The summed E-state index contributed by atoms with van der Waals surface area (Å²) in [6.07, 6.45) is 0. The fraction of sp³-hybridized carbons (Fsp3) is 0.429. The zero-order valence-electron chi connectivity index (χ0n) is 7.45. The van der Waals surface area contributed by atoms with E-state index in [4.69, 9.17) is 9.31 Å². The van der Waals surface area contributed by atoms with Crippen molar-refractivity contribution in [2.75, 3.05) is 20.1 Å². The first kappa shape index (κ1) is 11.3. The Morgan fingerprint density at radius 3 is 2.29 bits per heavy atom. The second kappa shape index (κ2) is 5.21. The molecule has 0 atom stereocenters. The van der Waals surface area contributed by atoms with Gasteiger partial charge in [0.15, 0.2) is 0 Å². The van der Waals surface area contributed by atoms with Gasteiger partial charge in [0.05, 0.1) is 13.1 Å². The standard InChI is InChI=1S/C7H7BINO4/c1-10-4-6(11)13-8(2-3-9)14-7(12)5-10/h4-5H2,1H3. The van der Waals surface area contributed by atoms with Crippen LogP contribution in [0.1, 0.15) is 0 Å². The van der Waals surface area contributed by atoms with Crippen molar-refractivity contribution in [3.05, 3.63) is 0 Å². The number of hydrogen-bond acceptors (Lipinski definition) is 5. The van der Waals surface area contributed by atoms with E-state index in [1.54, 1.807) is 29.6 Å². The Bertz CT molecular complexity index is 291. The molecule has 0 aromatic carbocycles. The minimum atomic E-state index is -1.07. The maximum Gasteiger partial charge on any atom is 0.695 e. The Labute approximate surface area is 95.4 Å². The van der Waals surface area contributed by atoms with E-state index in [0.29, 0.717) is 0 Å². The summed E-state index contributed by atoms with van der Waals surface area (Å²) in [5.41, 5.74) is 0.